The number of aliphatic carboxylic acids is 1. The number of hydrogen-bond acceptors (Lipinski definition) is 31. The third-order valence-electron chi connectivity index (χ3n) is 15.3. The van der Waals surface area contributed by atoms with Crippen LogP contribution in [0.2, 0.25) is 0 Å². The minimum absolute atomic E-state index is 0.0341. The number of benzene rings is 1. The Kier molecular flexibility index (Phi) is 33.5. The Bertz CT molecular complexity index is 2770. The number of nitrogens with zero attached hydrogens (tertiary/aromatic N) is 7. The number of carbonyl (C=O) groups excluding carboxylic acids is 4. The number of aliphatic hydroxyl groups excluding tert-OH is 1. The van der Waals surface area contributed by atoms with Gasteiger partial charge >= 0.3 is 18.2 Å². The number of amides is 3. The first-order chi connectivity index (χ1) is 45.9. The zero-order valence-electron chi connectivity index (χ0n) is 57.4. The van der Waals surface area contributed by atoms with Crippen molar-refractivity contribution in [2.45, 2.75) is 138 Å². The number of carboxylic acids is 1. The standard InChI is InChI=1S/C57H103F6N23O12/c1-12-69-54(83(9)10)55(94,76-33-40(4)5)97-51(67,72-23-20-39(2)3)56(98-57(68,79-41(6)89)96-36-42-16-14-13-15-17-42,86(54)84(43-18-19-43)48(37-66,47(92)93)70-25-22-64)85(78-28-31-95-11)50(71-27-30-87,53(73-24-21-58,80-45(90)32-65)81-46(91)35-88)52(75-34-44(59)60,74-26-29-82(7)8)77-38-49(61,62)63/h13-17,35,39-40,43-44,69-78,87,94H,12,18-21,23-34,36,38,65,67-68H2,1-11H3,(H,79,89)(H,80,90)(H,81,91)(H,92,93). The third-order valence-corrected chi connectivity index (χ3v) is 15.3. The van der Waals surface area contributed by atoms with E-state index in [0.717, 1.165) is 18.9 Å². The Morgan fingerprint density at radius 2 is 1.54 bits per heavy atom. The van der Waals surface area contributed by atoms with E-state index in [4.69, 9.17) is 36.1 Å². The molecule has 35 nitrogen and oxygen atoms in total. The van der Waals surface area contributed by atoms with E-state index < -0.39 is 199 Å². The molecule has 0 radical (unpaired) electrons. The molecule has 1 saturated carbocycles. The number of nitriles is 2. The van der Waals surface area contributed by atoms with Gasteiger partial charge in [-0.25, -0.2) is 23.4 Å². The van der Waals surface area contributed by atoms with Gasteiger partial charge in [0.25, 0.3) is 29.8 Å². The van der Waals surface area contributed by atoms with Gasteiger partial charge in [0.1, 0.15) is 12.7 Å². The van der Waals surface area contributed by atoms with Crippen molar-refractivity contribution in [2.75, 3.05) is 134 Å². The Hall–Kier alpha value is -5.63. The lowest BCUT2D eigenvalue weighted by atomic mass is 9.85. The summed E-state index contributed by atoms with van der Waals surface area (Å²) in [6, 6.07) is 6.14. The molecule has 2 aliphatic rings. The van der Waals surface area contributed by atoms with Gasteiger partial charge in [0.05, 0.1) is 52.1 Å². The molecule has 2 fully saturated rings. The van der Waals surface area contributed by atoms with E-state index in [-0.39, 0.29) is 43.8 Å². The van der Waals surface area contributed by atoms with Crippen LogP contribution in [-0.4, -0.2) is 275 Å². The molecule has 9 atom stereocenters. The first kappa shape index (κ1) is 86.6. The number of alkyl halides is 6. The maximum atomic E-state index is 16.0. The Balaban J connectivity index is 3.65. The number of hydrazine groups is 2. The van der Waals surface area contributed by atoms with Crippen LogP contribution in [0.4, 0.5) is 26.3 Å². The van der Waals surface area contributed by atoms with Gasteiger partial charge in [0.2, 0.25) is 35.5 Å². The number of carboxylic acid groups (broad SMARTS) is 1. The highest BCUT2D eigenvalue weighted by atomic mass is 19.4. The monoisotopic (exact) mass is 1420 g/mol. The van der Waals surface area contributed by atoms with Crippen molar-refractivity contribution in [3.63, 3.8) is 0 Å². The van der Waals surface area contributed by atoms with Crippen molar-refractivity contribution in [2.24, 2.45) is 29.0 Å². The largest absolute Gasteiger partial charge is 0.478 e. The molecular formula is C57H103F6N23O12. The molecule has 0 aromatic heterocycles. The highest BCUT2D eigenvalue weighted by Crippen LogP contribution is 2.55. The minimum atomic E-state index is -5.51. The number of likely N-dealkylation sites (N-methyl/N-ethyl adjacent to an activating group) is 3. The zero-order chi connectivity index (χ0) is 74.2. The van der Waals surface area contributed by atoms with Crippen molar-refractivity contribution in [1.29, 1.82) is 10.5 Å². The number of aldehydes is 1. The number of methoxy groups -OCH3 is 1. The van der Waals surface area contributed by atoms with Gasteiger partial charge in [-0.2, -0.15) is 33.7 Å². The maximum Gasteiger partial charge on any atom is 0.401 e. The molecule has 1 saturated heterocycles. The van der Waals surface area contributed by atoms with E-state index in [1.54, 1.807) is 58.0 Å². The summed E-state index contributed by atoms with van der Waals surface area (Å²) in [7, 11) is 6.56. The molecule has 0 bridgehead atoms. The summed E-state index contributed by atoms with van der Waals surface area (Å²) in [5.41, 5.74) is 17.5. The lowest BCUT2D eigenvalue weighted by Gasteiger charge is -2.75. The number of rotatable bonds is 49. The lowest BCUT2D eigenvalue weighted by Crippen LogP contribution is -3.08. The molecule has 1 aliphatic heterocycles. The van der Waals surface area contributed by atoms with Crippen LogP contribution in [0, 0.1) is 34.5 Å². The predicted octanol–water partition coefficient (Wildman–Crippen LogP) is -5.18. The van der Waals surface area contributed by atoms with Crippen LogP contribution in [0.3, 0.4) is 0 Å². The molecule has 1 aromatic carbocycles. The topological polar surface area (TPSA) is 481 Å². The molecule has 22 N–H and O–H groups in total. The van der Waals surface area contributed by atoms with Crippen molar-refractivity contribution in [1.82, 2.24) is 94.1 Å². The summed E-state index contributed by atoms with van der Waals surface area (Å²) in [5, 5.41) is 94.0. The summed E-state index contributed by atoms with van der Waals surface area (Å²) in [6.07, 6.45) is -10.1. The van der Waals surface area contributed by atoms with E-state index in [9.17, 15) is 40.2 Å². The molecule has 3 rings (SSSR count). The minimum Gasteiger partial charge on any atom is -0.478 e. The number of halogens is 6. The van der Waals surface area contributed by atoms with Gasteiger partial charge in [-0.15, -0.1) is 5.01 Å². The molecule has 560 valence electrons. The van der Waals surface area contributed by atoms with E-state index >= 15 is 35.9 Å². The molecule has 0 spiro atoms. The highest BCUT2D eigenvalue weighted by molar-refractivity contribution is 6.23. The Morgan fingerprint density at radius 1 is 0.888 bits per heavy atom. The maximum absolute atomic E-state index is 16.0. The molecule has 1 heterocycles. The molecular weight excluding hydrogens is 1310 g/mol. The summed E-state index contributed by atoms with van der Waals surface area (Å²) in [6.45, 7) is -7.36. The molecule has 98 heavy (non-hydrogen) atoms. The number of nitrogens with two attached hydrogens (primary N) is 3. The van der Waals surface area contributed by atoms with Crippen LogP contribution in [0.15, 0.2) is 30.3 Å². The Morgan fingerprint density at radius 3 is 2.03 bits per heavy atom. The first-order valence-electron chi connectivity index (χ1n) is 31.6. The normalized spacial score (nSPS) is 23.2. The molecule has 1 aliphatic carbocycles. The van der Waals surface area contributed by atoms with E-state index in [2.05, 4.69) is 69.2 Å². The van der Waals surface area contributed by atoms with Crippen molar-refractivity contribution in [3.8, 4) is 12.1 Å². The van der Waals surface area contributed by atoms with Crippen LogP contribution in [0.5, 0.6) is 0 Å². The zero-order valence-corrected chi connectivity index (χ0v) is 57.4. The van der Waals surface area contributed by atoms with Crippen molar-refractivity contribution < 1.29 is 84.6 Å². The second-order valence-corrected chi connectivity index (χ2v) is 24.4. The fourth-order valence-corrected chi connectivity index (χ4v) is 11.2. The van der Waals surface area contributed by atoms with E-state index in [0.29, 0.717) is 15.0 Å². The van der Waals surface area contributed by atoms with Gasteiger partial charge in [-0.1, -0.05) is 65.0 Å². The Labute approximate surface area is 566 Å². The number of carbonyl (C=O) groups is 5. The lowest BCUT2D eigenvalue weighted by molar-refractivity contribution is -0.572. The first-order valence-corrected chi connectivity index (χ1v) is 31.6. The number of ether oxygens (including phenoxy) is 4. The number of morpholine rings is 1. The SMILES string of the molecule is CCNC1(N(C)C)N(N(C2CC2)C(C#N)(NCC#N)C(=O)O)C(OC(N)(NC(C)=O)OCc2ccccc2)(N(NCCOC)C(NCCO)(C(NCCN(C)C)(NCC(F)F)NCC(F)(F)F)C(NCCF)(NC(=O)C=O)NC(=O)CN)C(N)(NCCC(C)C)OC1(O)NCC(C)C. The molecule has 9 unspecified atom stereocenters. The average Bonchev–Trinajstić information content (AvgIpc) is 0.815. The van der Waals surface area contributed by atoms with Gasteiger partial charge in [0.15, 0.2) is 11.4 Å². The summed E-state index contributed by atoms with van der Waals surface area (Å²) >= 11 is 0. The van der Waals surface area contributed by atoms with Crippen LogP contribution in [0.25, 0.3) is 0 Å². The van der Waals surface area contributed by atoms with Gasteiger partial charge in [0, 0.05) is 59.3 Å². The smallest absolute Gasteiger partial charge is 0.401 e. The second kappa shape index (κ2) is 37.9. The van der Waals surface area contributed by atoms with Crippen LogP contribution < -0.4 is 86.4 Å². The summed E-state index contributed by atoms with van der Waals surface area (Å²) in [4.78, 5) is 75.2. The van der Waals surface area contributed by atoms with Crippen molar-refractivity contribution in [3.05, 3.63) is 35.9 Å². The fourth-order valence-electron chi connectivity index (χ4n) is 11.2. The number of hydrogen-bond donors (Lipinski definition) is 19. The third kappa shape index (κ3) is 20.3. The second-order valence-electron chi connectivity index (χ2n) is 24.4. The van der Waals surface area contributed by atoms with Crippen LogP contribution in [0.1, 0.15) is 66.4 Å². The fraction of sp³-hybridized carbons (Fsp3) is 0.772. The van der Waals surface area contributed by atoms with E-state index in [1.165, 1.54) is 52.1 Å². The number of nitrogens with one attached hydrogen (secondary N) is 13. The summed E-state index contributed by atoms with van der Waals surface area (Å²) < 4.78 is 123. The summed E-state index contributed by atoms with van der Waals surface area (Å²) in [5.74, 6) is -29.8. The average molecular weight is 1420 g/mol. The van der Waals surface area contributed by atoms with Gasteiger partial charge in [-0.3, -0.25) is 98.2 Å². The molecule has 3 amide bonds. The van der Waals surface area contributed by atoms with Crippen molar-refractivity contribution >= 4 is 30.0 Å². The molecule has 1 aromatic rings. The van der Waals surface area contributed by atoms with Crippen LogP contribution in [-0.2, 0) is 49.5 Å². The van der Waals surface area contributed by atoms with Gasteiger partial charge < -0.3 is 46.1 Å². The molecule has 41 heteroatoms. The van der Waals surface area contributed by atoms with Gasteiger partial charge in [-0.05, 0) is 77.9 Å². The quantitative estimate of drug-likeness (QED) is 0.00552. The van der Waals surface area contributed by atoms with Crippen LogP contribution >= 0.6 is 0 Å². The van der Waals surface area contributed by atoms with E-state index in [1.807, 2.05) is 0 Å². The number of aliphatic hydroxyl groups is 2. The predicted molar refractivity (Wildman–Crippen MR) is 340 cm³/mol. The highest BCUT2D eigenvalue weighted by Gasteiger charge is 2.86.